The van der Waals surface area contributed by atoms with E-state index in [1.54, 1.807) is 32.9 Å². The Balaban J connectivity index is 1.95. The van der Waals surface area contributed by atoms with Gasteiger partial charge in [-0.15, -0.1) is 0 Å². The number of nitrogens with zero attached hydrogens (tertiary/aromatic N) is 1. The Kier molecular flexibility index (Phi) is 4.97. The molecule has 0 radical (unpaired) electrons. The highest BCUT2D eigenvalue weighted by molar-refractivity contribution is 7.92. The molecule has 0 atom stereocenters. The van der Waals surface area contributed by atoms with Crippen molar-refractivity contribution in [2.45, 2.75) is 25.7 Å². The van der Waals surface area contributed by atoms with Crippen LogP contribution in [0.4, 0.5) is 14.6 Å². The third-order valence-electron chi connectivity index (χ3n) is 4.24. The quantitative estimate of drug-likeness (QED) is 0.701. The normalized spacial score (nSPS) is 11.4. The van der Waals surface area contributed by atoms with Gasteiger partial charge in [0.25, 0.3) is 10.0 Å². The van der Waals surface area contributed by atoms with Crippen molar-refractivity contribution < 1.29 is 17.2 Å². The number of pyridine rings is 1. The van der Waals surface area contributed by atoms with E-state index in [1.165, 1.54) is 30.3 Å². The second kappa shape index (κ2) is 7.08. The van der Waals surface area contributed by atoms with Crippen molar-refractivity contribution in [1.82, 2.24) is 4.98 Å². The van der Waals surface area contributed by atoms with E-state index in [1.807, 2.05) is 0 Å². The van der Waals surface area contributed by atoms with E-state index in [-0.39, 0.29) is 16.5 Å². The Morgan fingerprint density at radius 1 is 0.815 bits per heavy atom. The molecule has 27 heavy (non-hydrogen) atoms. The van der Waals surface area contributed by atoms with E-state index in [0.717, 1.165) is 22.8 Å². The van der Waals surface area contributed by atoms with Gasteiger partial charge in [0.1, 0.15) is 17.5 Å². The number of sulfonamides is 1. The molecule has 1 N–H and O–H groups in total. The summed E-state index contributed by atoms with van der Waals surface area (Å²) in [4.78, 5) is 4.16. The van der Waals surface area contributed by atoms with Gasteiger partial charge in [-0.05, 0) is 73.9 Å². The van der Waals surface area contributed by atoms with Crippen LogP contribution in [0.1, 0.15) is 16.8 Å². The summed E-state index contributed by atoms with van der Waals surface area (Å²) >= 11 is 0. The van der Waals surface area contributed by atoms with E-state index >= 15 is 0 Å². The summed E-state index contributed by atoms with van der Waals surface area (Å²) < 4.78 is 54.3. The number of nitrogens with one attached hydrogen (secondary N) is 1. The van der Waals surface area contributed by atoms with Gasteiger partial charge < -0.3 is 0 Å². The molecule has 2 aromatic carbocycles. The zero-order valence-corrected chi connectivity index (χ0v) is 15.9. The molecule has 4 nitrogen and oxygen atoms in total. The third kappa shape index (κ3) is 3.98. The minimum absolute atomic E-state index is 0.125. The first kappa shape index (κ1) is 19.0. The first-order valence-electron chi connectivity index (χ1n) is 8.20. The molecule has 0 saturated heterocycles. The van der Waals surface area contributed by atoms with E-state index in [2.05, 4.69) is 9.71 Å². The molecule has 0 saturated carbocycles. The summed E-state index contributed by atoms with van der Waals surface area (Å²) in [6.07, 6.45) is 0. The van der Waals surface area contributed by atoms with E-state index in [0.29, 0.717) is 11.3 Å². The van der Waals surface area contributed by atoms with Crippen LogP contribution in [-0.2, 0) is 10.0 Å². The molecule has 0 fully saturated rings. The molecular weight excluding hydrogens is 370 g/mol. The third-order valence-corrected chi connectivity index (χ3v) is 5.74. The first-order valence-corrected chi connectivity index (χ1v) is 9.69. The maximum atomic E-state index is 13.5. The van der Waals surface area contributed by atoms with Gasteiger partial charge in [-0.1, -0.05) is 12.1 Å². The average molecular weight is 388 g/mol. The molecule has 0 spiro atoms. The van der Waals surface area contributed by atoms with Gasteiger partial charge in [0.05, 0.1) is 4.90 Å². The van der Waals surface area contributed by atoms with Crippen LogP contribution >= 0.6 is 0 Å². The average Bonchev–Trinajstić information content (AvgIpc) is 2.57. The highest BCUT2D eigenvalue weighted by Crippen LogP contribution is 2.28. The molecule has 0 amide bonds. The fraction of sp³-hybridized carbons (Fsp3) is 0.150. The molecule has 0 bridgehead atoms. The lowest BCUT2D eigenvalue weighted by Gasteiger charge is -2.13. The summed E-state index contributed by atoms with van der Waals surface area (Å²) in [5.41, 5.74) is 3.36. The fourth-order valence-electron chi connectivity index (χ4n) is 2.89. The zero-order chi connectivity index (χ0) is 19.8. The minimum atomic E-state index is -3.98. The van der Waals surface area contributed by atoms with Crippen molar-refractivity contribution in [1.29, 1.82) is 0 Å². The summed E-state index contributed by atoms with van der Waals surface area (Å²) in [7, 11) is -3.98. The number of aromatic nitrogens is 1. The maximum Gasteiger partial charge on any atom is 0.263 e. The number of benzene rings is 2. The Labute approximate surface area is 157 Å². The molecule has 3 rings (SSSR count). The molecule has 0 aliphatic rings. The number of hydrogen-bond acceptors (Lipinski definition) is 3. The van der Waals surface area contributed by atoms with E-state index in [9.17, 15) is 17.2 Å². The zero-order valence-electron chi connectivity index (χ0n) is 15.0. The summed E-state index contributed by atoms with van der Waals surface area (Å²) in [5.74, 6) is -0.830. The fourth-order valence-corrected chi connectivity index (χ4v) is 4.15. The summed E-state index contributed by atoms with van der Waals surface area (Å²) in [6, 6.07) is 11.3. The van der Waals surface area contributed by atoms with Crippen molar-refractivity contribution in [3.05, 3.63) is 77.0 Å². The highest BCUT2D eigenvalue weighted by atomic mass is 32.2. The standard InChI is InChI=1S/C20H18F2N2O2S/c1-12-4-5-16(22)11-19(12)27(25,26)24-20-9-8-18(14(3)23-20)17-7-6-15(21)10-13(17)2/h4-11H,1-3H3,(H,23,24). The lowest BCUT2D eigenvalue weighted by Crippen LogP contribution is -2.15. The number of halogens is 2. The highest BCUT2D eigenvalue weighted by Gasteiger charge is 2.19. The number of anilines is 1. The summed E-state index contributed by atoms with van der Waals surface area (Å²) in [6.45, 7) is 5.12. The van der Waals surface area contributed by atoms with Gasteiger partial charge in [-0.25, -0.2) is 22.2 Å². The predicted molar refractivity (Wildman–Crippen MR) is 101 cm³/mol. The van der Waals surface area contributed by atoms with Crippen LogP contribution in [0.5, 0.6) is 0 Å². The predicted octanol–water partition coefficient (Wildman–Crippen LogP) is 4.75. The monoisotopic (exact) mass is 388 g/mol. The Bertz CT molecular complexity index is 1130. The molecule has 140 valence electrons. The van der Waals surface area contributed by atoms with Gasteiger partial charge in [-0.3, -0.25) is 4.72 Å². The van der Waals surface area contributed by atoms with Crippen LogP contribution in [0.3, 0.4) is 0 Å². The lowest BCUT2D eigenvalue weighted by atomic mass is 9.99. The molecule has 0 aliphatic heterocycles. The van der Waals surface area contributed by atoms with Crippen LogP contribution in [0, 0.1) is 32.4 Å². The number of hydrogen-bond donors (Lipinski definition) is 1. The first-order chi connectivity index (χ1) is 12.7. The van der Waals surface area contributed by atoms with Crippen molar-refractivity contribution in [2.75, 3.05) is 4.72 Å². The van der Waals surface area contributed by atoms with Crippen LogP contribution in [0.2, 0.25) is 0 Å². The Morgan fingerprint density at radius 2 is 1.44 bits per heavy atom. The topological polar surface area (TPSA) is 59.1 Å². The van der Waals surface area contributed by atoms with Gasteiger partial charge in [-0.2, -0.15) is 0 Å². The second-order valence-electron chi connectivity index (χ2n) is 6.30. The van der Waals surface area contributed by atoms with Crippen LogP contribution in [0.25, 0.3) is 11.1 Å². The molecule has 1 heterocycles. The van der Waals surface area contributed by atoms with Gasteiger partial charge in [0.15, 0.2) is 0 Å². The smallest absolute Gasteiger partial charge is 0.263 e. The minimum Gasteiger partial charge on any atom is -0.263 e. The largest absolute Gasteiger partial charge is 0.263 e. The lowest BCUT2D eigenvalue weighted by molar-refractivity contribution is 0.594. The second-order valence-corrected chi connectivity index (χ2v) is 7.95. The molecule has 7 heteroatoms. The molecule has 0 aliphatic carbocycles. The molecule has 1 aromatic heterocycles. The van der Waals surface area contributed by atoms with Gasteiger partial charge in [0, 0.05) is 11.3 Å². The molecule has 3 aromatic rings. The number of aryl methyl sites for hydroxylation is 3. The van der Waals surface area contributed by atoms with Crippen LogP contribution in [-0.4, -0.2) is 13.4 Å². The molecule has 0 unspecified atom stereocenters. The van der Waals surface area contributed by atoms with Crippen molar-refractivity contribution in [3.8, 4) is 11.1 Å². The van der Waals surface area contributed by atoms with Crippen molar-refractivity contribution >= 4 is 15.8 Å². The van der Waals surface area contributed by atoms with E-state index < -0.39 is 15.8 Å². The van der Waals surface area contributed by atoms with Crippen LogP contribution in [0.15, 0.2) is 53.4 Å². The maximum absolute atomic E-state index is 13.5. The van der Waals surface area contributed by atoms with Gasteiger partial charge >= 0.3 is 0 Å². The van der Waals surface area contributed by atoms with Gasteiger partial charge in [0.2, 0.25) is 0 Å². The number of rotatable bonds is 4. The van der Waals surface area contributed by atoms with E-state index in [4.69, 9.17) is 0 Å². The van der Waals surface area contributed by atoms with Crippen LogP contribution < -0.4 is 4.72 Å². The van der Waals surface area contributed by atoms with Crippen molar-refractivity contribution in [3.63, 3.8) is 0 Å². The molecular formula is C20H18F2N2O2S. The SMILES string of the molecule is Cc1cc(F)ccc1-c1ccc(NS(=O)(=O)c2cc(F)ccc2C)nc1C. The summed E-state index contributed by atoms with van der Waals surface area (Å²) in [5, 5.41) is 0. The Morgan fingerprint density at radius 3 is 2.11 bits per heavy atom. The Hall–Kier alpha value is -2.80. The van der Waals surface area contributed by atoms with Crippen molar-refractivity contribution in [2.24, 2.45) is 0 Å².